The van der Waals surface area contributed by atoms with Crippen LogP contribution >= 0.6 is 11.6 Å². The second kappa shape index (κ2) is 7.03. The molecule has 1 aliphatic heterocycles. The van der Waals surface area contributed by atoms with Crippen LogP contribution in [0.15, 0.2) is 30.5 Å². The summed E-state index contributed by atoms with van der Waals surface area (Å²) in [4.78, 5) is 17.9. The van der Waals surface area contributed by atoms with Crippen LogP contribution < -0.4 is 0 Å². The van der Waals surface area contributed by atoms with Gasteiger partial charge in [0.15, 0.2) is 0 Å². The van der Waals surface area contributed by atoms with Crippen molar-refractivity contribution in [2.24, 2.45) is 0 Å². The molecule has 1 aromatic heterocycles. The number of pyridine rings is 1. The highest BCUT2D eigenvalue weighted by Crippen LogP contribution is 2.37. The molecular weight excluding hydrogens is 381 g/mol. The lowest BCUT2D eigenvalue weighted by Gasteiger charge is -2.22. The number of hydrogen-bond donors (Lipinski definition) is 0. The SMILES string of the molecule is Cc1cc([C@H]2OC(=O)N(Cc3cc(C)cnc3Cl)[C@H]2C)cc(C(F)(F)F)c1. The van der Waals surface area contributed by atoms with Crippen LogP contribution in [0.3, 0.4) is 0 Å². The van der Waals surface area contributed by atoms with E-state index in [0.717, 1.165) is 17.7 Å². The third kappa shape index (κ3) is 4.03. The normalized spacial score (nSPS) is 20.1. The van der Waals surface area contributed by atoms with Gasteiger partial charge < -0.3 is 4.74 Å². The van der Waals surface area contributed by atoms with Gasteiger partial charge in [0.25, 0.3) is 0 Å². The summed E-state index contributed by atoms with van der Waals surface area (Å²) in [5.41, 5.74) is 1.55. The fraction of sp³-hybridized carbons (Fsp3) is 0.368. The Kier molecular flexibility index (Phi) is 5.08. The Hall–Kier alpha value is -2.28. The van der Waals surface area contributed by atoms with Crippen LogP contribution in [0.5, 0.6) is 0 Å². The summed E-state index contributed by atoms with van der Waals surface area (Å²) >= 11 is 6.10. The molecule has 1 aromatic carbocycles. The lowest BCUT2D eigenvalue weighted by Crippen LogP contribution is -2.31. The third-order valence-corrected chi connectivity index (χ3v) is 4.88. The number of nitrogens with zero attached hydrogens (tertiary/aromatic N) is 2. The van der Waals surface area contributed by atoms with Crippen molar-refractivity contribution in [1.82, 2.24) is 9.88 Å². The molecule has 27 heavy (non-hydrogen) atoms. The van der Waals surface area contributed by atoms with E-state index in [1.165, 1.54) is 4.90 Å². The summed E-state index contributed by atoms with van der Waals surface area (Å²) in [5.74, 6) is 0. The molecule has 0 spiro atoms. The maximum absolute atomic E-state index is 13.1. The fourth-order valence-electron chi connectivity index (χ4n) is 3.21. The Bertz CT molecular complexity index is 886. The number of aromatic nitrogens is 1. The van der Waals surface area contributed by atoms with Crippen molar-refractivity contribution in [3.63, 3.8) is 0 Å². The molecule has 3 rings (SSSR count). The Balaban J connectivity index is 1.89. The highest BCUT2D eigenvalue weighted by atomic mass is 35.5. The first-order valence-corrected chi connectivity index (χ1v) is 8.71. The molecule has 2 aromatic rings. The highest BCUT2D eigenvalue weighted by molar-refractivity contribution is 6.30. The summed E-state index contributed by atoms with van der Waals surface area (Å²) < 4.78 is 44.7. The number of hydrogen-bond acceptors (Lipinski definition) is 3. The molecule has 0 saturated carbocycles. The molecule has 0 radical (unpaired) electrons. The van der Waals surface area contributed by atoms with E-state index in [0.29, 0.717) is 16.7 Å². The summed E-state index contributed by atoms with van der Waals surface area (Å²) in [6.07, 6.45) is -4.24. The second-order valence-corrected chi connectivity index (χ2v) is 7.12. The molecule has 4 nitrogen and oxygen atoms in total. The zero-order valence-electron chi connectivity index (χ0n) is 15.0. The zero-order valence-corrected chi connectivity index (χ0v) is 15.7. The standard InChI is InChI=1S/C19H18ClF3N2O2/c1-10-4-13(7-15(6-10)19(21,22)23)16-12(3)25(18(26)27-16)9-14-5-11(2)8-24-17(14)20/h4-8,12,16H,9H2,1-3H3/t12-,16-/m0/s1. The van der Waals surface area contributed by atoms with Gasteiger partial charge in [-0.15, -0.1) is 0 Å². The molecule has 1 fully saturated rings. The van der Waals surface area contributed by atoms with Crippen molar-refractivity contribution >= 4 is 17.7 Å². The van der Waals surface area contributed by atoms with E-state index in [4.69, 9.17) is 16.3 Å². The predicted octanol–water partition coefficient (Wildman–Crippen LogP) is 5.45. The Morgan fingerprint density at radius 3 is 2.56 bits per heavy atom. The van der Waals surface area contributed by atoms with Crippen molar-refractivity contribution in [2.45, 2.75) is 45.6 Å². The lowest BCUT2D eigenvalue weighted by molar-refractivity contribution is -0.137. The van der Waals surface area contributed by atoms with Gasteiger partial charge in [-0.1, -0.05) is 23.2 Å². The van der Waals surface area contributed by atoms with Crippen molar-refractivity contribution in [3.8, 4) is 0 Å². The number of benzene rings is 1. The van der Waals surface area contributed by atoms with Crippen molar-refractivity contribution in [1.29, 1.82) is 0 Å². The van der Waals surface area contributed by atoms with E-state index in [-0.39, 0.29) is 11.7 Å². The quantitative estimate of drug-likeness (QED) is 0.645. The van der Waals surface area contributed by atoms with Crippen LogP contribution in [-0.2, 0) is 17.5 Å². The monoisotopic (exact) mass is 398 g/mol. The maximum atomic E-state index is 13.1. The molecule has 0 bridgehead atoms. The summed E-state index contributed by atoms with van der Waals surface area (Å²) in [6, 6.07) is 5.07. The van der Waals surface area contributed by atoms with Crippen LogP contribution in [0.4, 0.5) is 18.0 Å². The van der Waals surface area contributed by atoms with Crippen LogP contribution in [0.25, 0.3) is 0 Å². The Morgan fingerprint density at radius 2 is 1.89 bits per heavy atom. The Labute approximate surface area is 159 Å². The molecule has 0 unspecified atom stereocenters. The Morgan fingerprint density at radius 1 is 1.19 bits per heavy atom. The number of aryl methyl sites for hydroxylation is 2. The summed E-state index contributed by atoms with van der Waals surface area (Å²) in [6.45, 7) is 5.34. The molecule has 0 N–H and O–H groups in total. The van der Waals surface area contributed by atoms with E-state index in [1.54, 1.807) is 26.1 Å². The van der Waals surface area contributed by atoms with E-state index in [9.17, 15) is 18.0 Å². The number of ether oxygens (including phenoxy) is 1. The molecule has 1 saturated heterocycles. The van der Waals surface area contributed by atoms with Gasteiger partial charge in [0.05, 0.1) is 18.2 Å². The van der Waals surface area contributed by atoms with E-state index >= 15 is 0 Å². The second-order valence-electron chi connectivity index (χ2n) is 6.77. The topological polar surface area (TPSA) is 42.4 Å². The minimum Gasteiger partial charge on any atom is -0.439 e. The predicted molar refractivity (Wildman–Crippen MR) is 94.4 cm³/mol. The number of carbonyl (C=O) groups is 1. The number of halogens is 4. The van der Waals surface area contributed by atoms with Crippen LogP contribution in [-0.4, -0.2) is 22.0 Å². The average Bonchev–Trinajstić information content (AvgIpc) is 2.85. The van der Waals surface area contributed by atoms with Gasteiger partial charge in [0.1, 0.15) is 11.3 Å². The number of amides is 1. The first-order valence-electron chi connectivity index (χ1n) is 8.33. The van der Waals surface area contributed by atoms with E-state index < -0.39 is 30.0 Å². The minimum absolute atomic E-state index is 0.169. The van der Waals surface area contributed by atoms with Gasteiger partial charge in [-0.3, -0.25) is 4.90 Å². The van der Waals surface area contributed by atoms with Crippen molar-refractivity contribution in [2.75, 3.05) is 0 Å². The minimum atomic E-state index is -4.47. The molecule has 8 heteroatoms. The maximum Gasteiger partial charge on any atom is 0.416 e. The molecule has 144 valence electrons. The van der Waals surface area contributed by atoms with Crippen molar-refractivity contribution in [3.05, 3.63) is 63.4 Å². The van der Waals surface area contributed by atoms with E-state index in [1.807, 2.05) is 13.0 Å². The summed E-state index contributed by atoms with van der Waals surface area (Å²) in [7, 11) is 0. The molecule has 2 heterocycles. The van der Waals surface area contributed by atoms with Gasteiger partial charge in [-0.2, -0.15) is 13.2 Å². The van der Waals surface area contributed by atoms with Gasteiger partial charge in [0, 0.05) is 11.8 Å². The zero-order chi connectivity index (χ0) is 19.9. The fourth-order valence-corrected chi connectivity index (χ4v) is 3.37. The van der Waals surface area contributed by atoms with Crippen LogP contribution in [0.2, 0.25) is 5.15 Å². The average molecular weight is 399 g/mol. The number of alkyl halides is 3. The smallest absolute Gasteiger partial charge is 0.416 e. The van der Waals surface area contributed by atoms with E-state index in [2.05, 4.69) is 4.98 Å². The largest absolute Gasteiger partial charge is 0.439 e. The van der Waals surface area contributed by atoms with Crippen LogP contribution in [0, 0.1) is 13.8 Å². The van der Waals surface area contributed by atoms with Crippen LogP contribution in [0.1, 0.15) is 40.8 Å². The number of carbonyl (C=O) groups excluding carboxylic acids is 1. The molecular formula is C19H18ClF3N2O2. The molecule has 1 amide bonds. The lowest BCUT2D eigenvalue weighted by atomic mass is 9.98. The van der Waals surface area contributed by atoms with Gasteiger partial charge >= 0.3 is 12.3 Å². The molecule has 1 aliphatic rings. The first-order chi connectivity index (χ1) is 12.6. The summed E-state index contributed by atoms with van der Waals surface area (Å²) in [5, 5.41) is 0.277. The van der Waals surface area contributed by atoms with Gasteiger partial charge in [-0.05, 0) is 50.1 Å². The van der Waals surface area contributed by atoms with Gasteiger partial charge in [-0.25, -0.2) is 9.78 Å². The first kappa shape index (κ1) is 19.5. The highest BCUT2D eigenvalue weighted by Gasteiger charge is 2.41. The van der Waals surface area contributed by atoms with Gasteiger partial charge in [0.2, 0.25) is 0 Å². The number of cyclic esters (lactones) is 1. The van der Waals surface area contributed by atoms with Crippen molar-refractivity contribution < 1.29 is 22.7 Å². The third-order valence-electron chi connectivity index (χ3n) is 4.54. The number of rotatable bonds is 3. The molecule has 2 atom stereocenters. The molecule has 0 aliphatic carbocycles.